The van der Waals surface area contributed by atoms with Crippen molar-refractivity contribution in [1.82, 2.24) is 0 Å². The number of nitro benzene ring substituents is 2. The van der Waals surface area contributed by atoms with E-state index in [1.165, 1.54) is 0 Å². The number of benzene rings is 3. The van der Waals surface area contributed by atoms with Gasteiger partial charge in [0.15, 0.2) is 0 Å². The van der Waals surface area contributed by atoms with Gasteiger partial charge < -0.3 is 0 Å². The molecule has 1 heterocycles. The van der Waals surface area contributed by atoms with Crippen LogP contribution in [-0.2, 0) is 0 Å². The first-order valence-corrected chi connectivity index (χ1v) is 8.91. The molecule has 28 heavy (non-hydrogen) atoms. The highest BCUT2D eigenvalue weighted by Crippen LogP contribution is 2.37. The van der Waals surface area contributed by atoms with Crippen LogP contribution in [0.1, 0.15) is 20.7 Å². The zero-order valence-electron chi connectivity index (χ0n) is 13.8. The standard InChI is InChI=1S/C18H8IN3O6/c19-10-1-3-11(4-2-10)20-17(23)14-7-12(21(25)26)5-9-6-13(22(27)28)8-15(16(9)14)18(20)24/h1-8H. The van der Waals surface area contributed by atoms with Gasteiger partial charge in [-0.2, -0.15) is 0 Å². The van der Waals surface area contributed by atoms with E-state index >= 15 is 0 Å². The average molecular weight is 489 g/mol. The second kappa shape index (κ2) is 6.34. The van der Waals surface area contributed by atoms with Gasteiger partial charge in [0.25, 0.3) is 23.2 Å². The van der Waals surface area contributed by atoms with E-state index in [0.717, 1.165) is 32.7 Å². The van der Waals surface area contributed by atoms with Crippen LogP contribution in [0.25, 0.3) is 10.8 Å². The Hall–Kier alpha value is -3.41. The minimum absolute atomic E-state index is 0.0488. The minimum Gasteiger partial charge on any atom is -0.268 e. The van der Waals surface area contributed by atoms with Gasteiger partial charge in [-0.25, -0.2) is 4.90 Å². The maximum absolute atomic E-state index is 13.0. The molecule has 1 aliphatic rings. The quantitative estimate of drug-likeness (QED) is 0.237. The predicted octanol–water partition coefficient (Wildman–Crippen LogP) is 4.06. The number of imide groups is 1. The fourth-order valence-corrected chi connectivity index (χ4v) is 3.55. The van der Waals surface area contributed by atoms with Crippen molar-refractivity contribution in [1.29, 1.82) is 0 Å². The van der Waals surface area contributed by atoms with E-state index in [1.807, 2.05) is 0 Å². The number of nitro groups is 2. The molecule has 0 aliphatic carbocycles. The number of carbonyl (C=O) groups excluding carboxylic acids is 2. The van der Waals surface area contributed by atoms with Gasteiger partial charge in [0, 0.05) is 33.2 Å². The smallest absolute Gasteiger partial charge is 0.268 e. The van der Waals surface area contributed by atoms with E-state index < -0.39 is 21.7 Å². The van der Waals surface area contributed by atoms with Crippen LogP contribution >= 0.6 is 22.6 Å². The number of anilines is 1. The number of nitrogens with zero attached hydrogens (tertiary/aromatic N) is 3. The van der Waals surface area contributed by atoms with Gasteiger partial charge in [0.1, 0.15) is 0 Å². The molecule has 0 unspecified atom stereocenters. The van der Waals surface area contributed by atoms with Crippen LogP contribution in [-0.4, -0.2) is 21.7 Å². The Morgan fingerprint density at radius 2 is 1.25 bits per heavy atom. The molecule has 3 aromatic rings. The summed E-state index contributed by atoms with van der Waals surface area (Å²) in [4.78, 5) is 48.1. The lowest BCUT2D eigenvalue weighted by atomic mass is 9.92. The largest absolute Gasteiger partial charge is 0.270 e. The second-order valence-corrected chi connectivity index (χ2v) is 7.27. The number of non-ortho nitro benzene ring substituents is 2. The van der Waals surface area contributed by atoms with Crippen molar-refractivity contribution in [3.63, 3.8) is 0 Å². The van der Waals surface area contributed by atoms with Crippen molar-refractivity contribution in [2.75, 3.05) is 4.90 Å². The SMILES string of the molecule is O=C1c2cc([N+](=O)[O-])cc3cc([N+](=O)[O-])cc(c23)C(=O)N1c1ccc(I)cc1. The maximum Gasteiger partial charge on any atom is 0.270 e. The molecular weight excluding hydrogens is 481 g/mol. The number of carbonyl (C=O) groups is 2. The third-order valence-corrected chi connectivity index (χ3v) is 5.11. The molecule has 9 nitrogen and oxygen atoms in total. The molecule has 0 radical (unpaired) electrons. The van der Waals surface area contributed by atoms with Crippen molar-refractivity contribution in [2.24, 2.45) is 0 Å². The monoisotopic (exact) mass is 489 g/mol. The van der Waals surface area contributed by atoms with Gasteiger partial charge in [-0.05, 0) is 52.2 Å². The van der Waals surface area contributed by atoms with Crippen LogP contribution < -0.4 is 4.90 Å². The molecular formula is C18H8IN3O6. The number of halogens is 1. The van der Waals surface area contributed by atoms with Crippen molar-refractivity contribution in [3.8, 4) is 0 Å². The summed E-state index contributed by atoms with van der Waals surface area (Å²) in [7, 11) is 0. The zero-order valence-corrected chi connectivity index (χ0v) is 15.9. The number of hydrogen-bond acceptors (Lipinski definition) is 6. The van der Waals surface area contributed by atoms with Crippen LogP contribution in [0.15, 0.2) is 48.5 Å². The first kappa shape index (κ1) is 18.0. The van der Waals surface area contributed by atoms with Gasteiger partial charge in [0.05, 0.1) is 26.7 Å². The molecule has 0 saturated heterocycles. The van der Waals surface area contributed by atoms with Crippen molar-refractivity contribution >= 4 is 62.2 Å². The lowest BCUT2D eigenvalue weighted by Crippen LogP contribution is -2.40. The molecule has 0 spiro atoms. The van der Waals surface area contributed by atoms with E-state index in [0.29, 0.717) is 0 Å². The summed E-state index contributed by atoms with van der Waals surface area (Å²) < 4.78 is 0.882. The third-order valence-electron chi connectivity index (χ3n) is 4.39. The summed E-state index contributed by atoms with van der Waals surface area (Å²) in [5.74, 6) is -1.44. The second-order valence-electron chi connectivity index (χ2n) is 6.02. The highest BCUT2D eigenvalue weighted by atomic mass is 127. The summed E-state index contributed by atoms with van der Waals surface area (Å²) in [5, 5.41) is 22.8. The lowest BCUT2D eigenvalue weighted by molar-refractivity contribution is -0.385. The summed E-state index contributed by atoms with van der Waals surface area (Å²) in [6.45, 7) is 0. The van der Waals surface area contributed by atoms with Crippen molar-refractivity contribution in [3.05, 3.63) is 83.5 Å². The Kier molecular flexibility index (Phi) is 4.07. The third kappa shape index (κ3) is 2.69. The molecule has 0 fully saturated rings. The van der Waals surface area contributed by atoms with Crippen LogP contribution in [0.2, 0.25) is 0 Å². The maximum atomic E-state index is 13.0. The lowest BCUT2D eigenvalue weighted by Gasteiger charge is -2.27. The average Bonchev–Trinajstić information content (AvgIpc) is 2.66. The normalized spacial score (nSPS) is 13.1. The van der Waals surface area contributed by atoms with E-state index in [9.17, 15) is 29.8 Å². The molecule has 0 bridgehead atoms. The number of rotatable bonds is 3. The topological polar surface area (TPSA) is 124 Å². The fraction of sp³-hybridized carbons (Fsp3) is 0. The van der Waals surface area contributed by atoms with Gasteiger partial charge >= 0.3 is 0 Å². The molecule has 0 N–H and O–H groups in total. The molecule has 1 aliphatic heterocycles. The Morgan fingerprint density at radius 1 is 0.786 bits per heavy atom. The van der Waals surface area contributed by atoms with Crippen LogP contribution in [0.3, 0.4) is 0 Å². The Balaban J connectivity index is 2.05. The van der Waals surface area contributed by atoms with Crippen LogP contribution in [0.4, 0.5) is 17.1 Å². The van der Waals surface area contributed by atoms with Gasteiger partial charge in [0.2, 0.25) is 0 Å². The van der Waals surface area contributed by atoms with E-state index in [-0.39, 0.29) is 39.0 Å². The van der Waals surface area contributed by atoms with E-state index in [4.69, 9.17) is 0 Å². The van der Waals surface area contributed by atoms with Crippen LogP contribution in [0.5, 0.6) is 0 Å². The summed E-state index contributed by atoms with van der Waals surface area (Å²) in [6, 6.07) is 10.9. The van der Waals surface area contributed by atoms with Crippen LogP contribution in [0, 0.1) is 23.8 Å². The minimum atomic E-state index is -0.721. The van der Waals surface area contributed by atoms with E-state index in [2.05, 4.69) is 22.6 Å². The predicted molar refractivity (Wildman–Crippen MR) is 108 cm³/mol. The molecule has 0 saturated carbocycles. The molecule has 0 atom stereocenters. The highest BCUT2D eigenvalue weighted by Gasteiger charge is 2.36. The first-order chi connectivity index (χ1) is 13.3. The summed E-state index contributed by atoms with van der Waals surface area (Å²) in [6.07, 6.45) is 0. The Bertz CT molecular complexity index is 1150. The number of hydrogen-bond donors (Lipinski definition) is 0. The molecule has 0 aromatic heterocycles. The summed E-state index contributed by atoms with van der Waals surface area (Å²) >= 11 is 2.07. The zero-order chi connectivity index (χ0) is 20.2. The van der Waals surface area contributed by atoms with Crippen molar-refractivity contribution < 1.29 is 19.4 Å². The van der Waals surface area contributed by atoms with Crippen molar-refractivity contribution in [2.45, 2.75) is 0 Å². The fourth-order valence-electron chi connectivity index (χ4n) is 3.19. The molecule has 10 heteroatoms. The molecule has 4 rings (SSSR count). The highest BCUT2D eigenvalue weighted by molar-refractivity contribution is 14.1. The Labute approximate surface area is 170 Å². The number of amides is 2. The van der Waals surface area contributed by atoms with Gasteiger partial charge in [-0.15, -0.1) is 0 Å². The van der Waals surface area contributed by atoms with Gasteiger partial charge in [-0.1, -0.05) is 0 Å². The first-order valence-electron chi connectivity index (χ1n) is 7.83. The summed E-state index contributed by atoms with van der Waals surface area (Å²) in [5.41, 5.74) is -0.606. The molecule has 3 aromatic carbocycles. The Morgan fingerprint density at radius 3 is 1.68 bits per heavy atom. The molecule has 138 valence electrons. The molecule has 2 amide bonds. The van der Waals surface area contributed by atoms with Gasteiger partial charge in [-0.3, -0.25) is 29.8 Å². The van der Waals surface area contributed by atoms with E-state index in [1.54, 1.807) is 24.3 Å².